The lowest BCUT2D eigenvalue weighted by Crippen LogP contribution is -2.31. The standard InChI is InChI=1S/C10H20O/c1-8-5-9(11-4)7-10(2,3)6-8/h8-9H,5-7H2,1-4H3. The highest BCUT2D eigenvalue weighted by Gasteiger charge is 2.31. The van der Waals surface area contributed by atoms with Crippen LogP contribution in [0.5, 0.6) is 0 Å². The Balaban J connectivity index is 2.51. The van der Waals surface area contributed by atoms with E-state index in [1.54, 1.807) is 0 Å². The summed E-state index contributed by atoms with van der Waals surface area (Å²) in [5, 5.41) is 0. The van der Waals surface area contributed by atoms with Gasteiger partial charge in [0.1, 0.15) is 0 Å². The van der Waals surface area contributed by atoms with E-state index >= 15 is 0 Å². The van der Waals surface area contributed by atoms with Crippen molar-refractivity contribution in [2.45, 2.75) is 46.1 Å². The van der Waals surface area contributed by atoms with Crippen molar-refractivity contribution in [2.75, 3.05) is 7.11 Å². The molecule has 0 N–H and O–H groups in total. The predicted molar refractivity (Wildman–Crippen MR) is 47.6 cm³/mol. The van der Waals surface area contributed by atoms with Crippen LogP contribution < -0.4 is 0 Å². The predicted octanol–water partition coefficient (Wildman–Crippen LogP) is 2.85. The van der Waals surface area contributed by atoms with Gasteiger partial charge in [-0.2, -0.15) is 0 Å². The van der Waals surface area contributed by atoms with Crippen LogP contribution in [0.15, 0.2) is 0 Å². The molecule has 1 aliphatic rings. The van der Waals surface area contributed by atoms with Crippen molar-refractivity contribution in [2.24, 2.45) is 11.3 Å². The van der Waals surface area contributed by atoms with Gasteiger partial charge in [0.15, 0.2) is 0 Å². The van der Waals surface area contributed by atoms with Crippen LogP contribution >= 0.6 is 0 Å². The van der Waals surface area contributed by atoms with Crippen LogP contribution in [0.2, 0.25) is 0 Å². The third-order valence-electron chi connectivity index (χ3n) is 2.68. The molecule has 0 heterocycles. The zero-order valence-electron chi connectivity index (χ0n) is 8.18. The third-order valence-corrected chi connectivity index (χ3v) is 2.68. The van der Waals surface area contributed by atoms with Crippen LogP contribution in [0.4, 0.5) is 0 Å². The second-order valence-corrected chi connectivity index (χ2v) is 4.77. The zero-order valence-corrected chi connectivity index (χ0v) is 8.18. The normalized spacial score (nSPS) is 37.1. The third kappa shape index (κ3) is 2.48. The molecule has 1 aliphatic carbocycles. The molecule has 0 aromatic heterocycles. The molecule has 1 heteroatoms. The SMILES string of the molecule is COC1CC(C)CC(C)(C)C1. The molecule has 2 unspecified atom stereocenters. The molecule has 1 nitrogen and oxygen atoms in total. The van der Waals surface area contributed by atoms with Gasteiger partial charge in [-0.15, -0.1) is 0 Å². The summed E-state index contributed by atoms with van der Waals surface area (Å²) in [7, 11) is 1.83. The van der Waals surface area contributed by atoms with Gasteiger partial charge in [0.05, 0.1) is 6.10 Å². The molecule has 66 valence electrons. The summed E-state index contributed by atoms with van der Waals surface area (Å²) in [4.78, 5) is 0. The minimum atomic E-state index is 0.498. The lowest BCUT2D eigenvalue weighted by atomic mass is 9.71. The Morgan fingerprint density at radius 1 is 1.27 bits per heavy atom. The van der Waals surface area contributed by atoms with Crippen LogP contribution in [0.3, 0.4) is 0 Å². The molecule has 0 radical (unpaired) electrons. The zero-order chi connectivity index (χ0) is 8.48. The average Bonchev–Trinajstić information content (AvgIpc) is 1.83. The monoisotopic (exact) mass is 156 g/mol. The molecule has 0 saturated heterocycles. The number of ether oxygens (including phenoxy) is 1. The van der Waals surface area contributed by atoms with E-state index in [0.29, 0.717) is 11.5 Å². The molecule has 0 aromatic carbocycles. The minimum Gasteiger partial charge on any atom is -0.381 e. The minimum absolute atomic E-state index is 0.498. The van der Waals surface area contributed by atoms with Crippen molar-refractivity contribution >= 4 is 0 Å². The molecule has 0 amide bonds. The largest absolute Gasteiger partial charge is 0.381 e. The number of rotatable bonds is 1. The van der Waals surface area contributed by atoms with E-state index in [1.807, 2.05) is 7.11 Å². The summed E-state index contributed by atoms with van der Waals surface area (Å²) in [6.45, 7) is 7.01. The number of hydrogen-bond acceptors (Lipinski definition) is 1. The van der Waals surface area contributed by atoms with Crippen molar-refractivity contribution in [3.05, 3.63) is 0 Å². The van der Waals surface area contributed by atoms with Crippen molar-refractivity contribution in [3.63, 3.8) is 0 Å². The molecule has 0 spiro atoms. The first-order chi connectivity index (χ1) is 5.03. The van der Waals surface area contributed by atoms with Crippen molar-refractivity contribution in [3.8, 4) is 0 Å². The summed E-state index contributed by atoms with van der Waals surface area (Å²) < 4.78 is 5.40. The first kappa shape index (κ1) is 9.05. The van der Waals surface area contributed by atoms with Crippen molar-refractivity contribution in [1.29, 1.82) is 0 Å². The topological polar surface area (TPSA) is 9.23 Å². The van der Waals surface area contributed by atoms with Crippen LogP contribution in [-0.2, 0) is 4.74 Å². The molecule has 0 aliphatic heterocycles. The molecule has 1 rings (SSSR count). The highest BCUT2D eigenvalue weighted by Crippen LogP contribution is 2.39. The first-order valence-electron chi connectivity index (χ1n) is 4.56. The van der Waals surface area contributed by atoms with Gasteiger partial charge in [-0.25, -0.2) is 0 Å². The summed E-state index contributed by atoms with van der Waals surface area (Å²) in [5.74, 6) is 0.837. The van der Waals surface area contributed by atoms with E-state index in [4.69, 9.17) is 4.74 Å². The van der Waals surface area contributed by atoms with Gasteiger partial charge < -0.3 is 4.74 Å². The fourth-order valence-electron chi connectivity index (χ4n) is 2.44. The fraction of sp³-hybridized carbons (Fsp3) is 1.00. The van der Waals surface area contributed by atoms with Gasteiger partial charge in [-0.1, -0.05) is 20.8 Å². The summed E-state index contributed by atoms with van der Waals surface area (Å²) in [5.41, 5.74) is 0.498. The maximum atomic E-state index is 5.40. The van der Waals surface area contributed by atoms with Gasteiger partial charge >= 0.3 is 0 Å². The molecule has 0 bridgehead atoms. The Labute approximate surface area is 70.1 Å². The van der Waals surface area contributed by atoms with Gasteiger partial charge in [0.25, 0.3) is 0 Å². The maximum absolute atomic E-state index is 5.40. The van der Waals surface area contributed by atoms with E-state index in [0.717, 1.165) is 5.92 Å². The number of hydrogen-bond donors (Lipinski definition) is 0. The molecule has 1 fully saturated rings. The summed E-state index contributed by atoms with van der Waals surface area (Å²) in [6.07, 6.45) is 4.34. The van der Waals surface area contributed by atoms with Gasteiger partial charge in [-0.3, -0.25) is 0 Å². The van der Waals surface area contributed by atoms with Crippen molar-refractivity contribution < 1.29 is 4.74 Å². The molecule has 2 atom stereocenters. The second kappa shape index (κ2) is 3.14. The van der Waals surface area contributed by atoms with E-state index in [2.05, 4.69) is 20.8 Å². The molecule has 0 aromatic rings. The quantitative estimate of drug-likeness (QED) is 0.567. The van der Waals surface area contributed by atoms with E-state index < -0.39 is 0 Å². The van der Waals surface area contributed by atoms with Crippen LogP contribution in [0.1, 0.15) is 40.0 Å². The molecule has 1 saturated carbocycles. The van der Waals surface area contributed by atoms with E-state index in [9.17, 15) is 0 Å². The Hall–Kier alpha value is -0.0400. The fourth-order valence-corrected chi connectivity index (χ4v) is 2.44. The number of methoxy groups -OCH3 is 1. The molecular weight excluding hydrogens is 136 g/mol. The van der Waals surface area contributed by atoms with Gasteiger partial charge in [0.2, 0.25) is 0 Å². The van der Waals surface area contributed by atoms with E-state index in [1.165, 1.54) is 19.3 Å². The van der Waals surface area contributed by atoms with Crippen LogP contribution in [0.25, 0.3) is 0 Å². The summed E-state index contributed by atoms with van der Waals surface area (Å²) >= 11 is 0. The molecule has 11 heavy (non-hydrogen) atoms. The Morgan fingerprint density at radius 3 is 2.36 bits per heavy atom. The molecular formula is C10H20O. The summed E-state index contributed by atoms with van der Waals surface area (Å²) in [6, 6.07) is 0. The van der Waals surface area contributed by atoms with Crippen molar-refractivity contribution in [1.82, 2.24) is 0 Å². The average molecular weight is 156 g/mol. The Bertz CT molecular complexity index is 129. The van der Waals surface area contributed by atoms with Gasteiger partial charge in [0, 0.05) is 7.11 Å². The Morgan fingerprint density at radius 2 is 1.91 bits per heavy atom. The Kier molecular flexibility index (Phi) is 2.58. The van der Waals surface area contributed by atoms with Crippen LogP contribution in [-0.4, -0.2) is 13.2 Å². The highest BCUT2D eigenvalue weighted by molar-refractivity contribution is 4.82. The highest BCUT2D eigenvalue weighted by atomic mass is 16.5. The lowest BCUT2D eigenvalue weighted by Gasteiger charge is -2.38. The van der Waals surface area contributed by atoms with Crippen LogP contribution in [0, 0.1) is 11.3 Å². The maximum Gasteiger partial charge on any atom is 0.0579 e. The smallest absolute Gasteiger partial charge is 0.0579 e. The second-order valence-electron chi connectivity index (χ2n) is 4.77. The lowest BCUT2D eigenvalue weighted by molar-refractivity contribution is 0.00513. The first-order valence-corrected chi connectivity index (χ1v) is 4.56. The van der Waals surface area contributed by atoms with Gasteiger partial charge in [-0.05, 0) is 30.6 Å². The van der Waals surface area contributed by atoms with E-state index in [-0.39, 0.29) is 0 Å².